The van der Waals surface area contributed by atoms with Crippen LogP contribution in [-0.4, -0.2) is 46.2 Å². The van der Waals surface area contributed by atoms with E-state index in [9.17, 15) is 9.59 Å². The molecule has 8 heteroatoms. The Bertz CT molecular complexity index is 1190. The number of rotatable bonds is 9. The number of hydrogen-bond acceptors (Lipinski definition) is 6. The topological polar surface area (TPSA) is 77.1 Å². The monoisotopic (exact) mass is 506 g/mol. The minimum Gasteiger partial charge on any atom is -0.493 e. The third kappa shape index (κ3) is 5.76. The molecule has 0 aromatic heterocycles. The maximum absolute atomic E-state index is 13.5. The van der Waals surface area contributed by atoms with Crippen LogP contribution in [0.3, 0.4) is 0 Å². The van der Waals surface area contributed by atoms with Gasteiger partial charge in [-0.15, -0.1) is 11.8 Å². The van der Waals surface area contributed by atoms with E-state index in [2.05, 4.69) is 5.32 Å². The van der Waals surface area contributed by atoms with Gasteiger partial charge in [-0.2, -0.15) is 0 Å². The molecule has 188 valence electrons. The van der Waals surface area contributed by atoms with Crippen molar-refractivity contribution in [3.63, 3.8) is 0 Å². The summed E-state index contributed by atoms with van der Waals surface area (Å²) in [6, 6.07) is 21.4. The van der Waals surface area contributed by atoms with E-state index in [0.29, 0.717) is 23.8 Å². The largest absolute Gasteiger partial charge is 0.493 e. The fraction of sp³-hybridized carbons (Fsp3) is 0.286. The second-order valence-corrected chi connectivity index (χ2v) is 9.55. The van der Waals surface area contributed by atoms with Gasteiger partial charge in [0, 0.05) is 23.1 Å². The highest BCUT2D eigenvalue weighted by Crippen LogP contribution is 2.48. The smallest absolute Gasteiger partial charge is 0.240 e. The summed E-state index contributed by atoms with van der Waals surface area (Å²) in [5.41, 5.74) is 2.77. The molecule has 4 rings (SSSR count). The third-order valence-corrected chi connectivity index (χ3v) is 7.35. The highest BCUT2D eigenvalue weighted by molar-refractivity contribution is 7.99. The minimum absolute atomic E-state index is 0.0346. The first-order valence-electron chi connectivity index (χ1n) is 11.7. The summed E-state index contributed by atoms with van der Waals surface area (Å²) < 4.78 is 16.5. The van der Waals surface area contributed by atoms with Crippen molar-refractivity contribution in [1.29, 1.82) is 0 Å². The molecule has 1 atom stereocenters. The Labute approximate surface area is 215 Å². The molecule has 1 aliphatic heterocycles. The molecule has 36 heavy (non-hydrogen) atoms. The third-order valence-electron chi connectivity index (χ3n) is 6.03. The van der Waals surface area contributed by atoms with Crippen molar-refractivity contribution in [1.82, 2.24) is 5.32 Å². The lowest BCUT2D eigenvalue weighted by atomic mass is 10.1. The van der Waals surface area contributed by atoms with E-state index < -0.39 is 0 Å². The van der Waals surface area contributed by atoms with E-state index in [1.54, 1.807) is 38.0 Å². The molecule has 3 aromatic rings. The van der Waals surface area contributed by atoms with Gasteiger partial charge in [0.25, 0.3) is 0 Å². The predicted molar refractivity (Wildman–Crippen MR) is 141 cm³/mol. The van der Waals surface area contributed by atoms with Gasteiger partial charge in [-0.25, -0.2) is 0 Å². The average molecular weight is 507 g/mol. The zero-order valence-corrected chi connectivity index (χ0v) is 21.5. The number of nitrogens with zero attached hydrogens (tertiary/aromatic N) is 1. The number of anilines is 1. The molecule has 0 bridgehead atoms. The minimum atomic E-state index is -0.196. The molecule has 0 saturated heterocycles. The number of fused-ring (bicyclic) bond motifs is 1. The number of nitrogens with one attached hydrogen (secondary N) is 1. The van der Waals surface area contributed by atoms with Crippen molar-refractivity contribution in [3.05, 3.63) is 77.9 Å². The zero-order chi connectivity index (χ0) is 25.5. The molecule has 0 spiro atoms. The summed E-state index contributed by atoms with van der Waals surface area (Å²) in [5.74, 6) is 1.26. The first kappa shape index (κ1) is 25.4. The maximum atomic E-state index is 13.5. The molecule has 1 unspecified atom stereocenters. The highest BCUT2D eigenvalue weighted by atomic mass is 32.2. The van der Waals surface area contributed by atoms with Crippen LogP contribution in [0.25, 0.3) is 0 Å². The van der Waals surface area contributed by atoms with Crippen molar-refractivity contribution >= 4 is 29.3 Å². The van der Waals surface area contributed by atoms with Crippen LogP contribution in [0.4, 0.5) is 5.69 Å². The fourth-order valence-electron chi connectivity index (χ4n) is 4.21. The number of thioether (sulfide) groups is 1. The second-order valence-electron chi connectivity index (χ2n) is 8.30. The SMILES string of the molecule is COc1cc(C2CC(=O)N(CC(=O)NCCc3ccccc3)c3ccccc3S2)cc(OC)c1OC. The molecular weight excluding hydrogens is 476 g/mol. The Hall–Kier alpha value is -3.65. The van der Waals surface area contributed by atoms with Crippen molar-refractivity contribution in [3.8, 4) is 17.2 Å². The van der Waals surface area contributed by atoms with Gasteiger partial charge in [-0.05, 0) is 41.8 Å². The lowest BCUT2D eigenvalue weighted by molar-refractivity contribution is -0.123. The first-order chi connectivity index (χ1) is 17.5. The molecule has 3 aromatic carbocycles. The standard InChI is InChI=1S/C28H30N2O5S/c1-33-22-15-20(16-23(34-2)28(22)35-3)25-17-27(32)30(21-11-7-8-12-24(21)36-25)18-26(31)29-14-13-19-9-5-4-6-10-19/h4-12,15-16,25H,13-14,17-18H2,1-3H3,(H,29,31). The number of hydrogen-bond donors (Lipinski definition) is 1. The van der Waals surface area contributed by atoms with Crippen LogP contribution in [0.1, 0.15) is 22.8 Å². The first-order valence-corrected chi connectivity index (χ1v) is 12.6. The zero-order valence-electron chi connectivity index (χ0n) is 20.7. The predicted octanol–water partition coefficient (Wildman–Crippen LogP) is 4.64. The Balaban J connectivity index is 1.54. The molecule has 1 aliphatic rings. The Morgan fingerprint density at radius 2 is 1.64 bits per heavy atom. The lowest BCUT2D eigenvalue weighted by Crippen LogP contribution is -2.41. The molecule has 0 radical (unpaired) electrons. The quantitative estimate of drug-likeness (QED) is 0.456. The number of carbonyl (C=O) groups excluding carboxylic acids is 2. The average Bonchev–Trinajstić information content (AvgIpc) is 3.04. The van der Waals surface area contributed by atoms with Crippen molar-refractivity contribution in [2.75, 3.05) is 39.3 Å². The normalized spacial score (nSPS) is 15.0. The second kappa shape index (κ2) is 11.9. The van der Waals surface area contributed by atoms with Crippen LogP contribution in [0.5, 0.6) is 17.2 Å². The number of methoxy groups -OCH3 is 3. The van der Waals surface area contributed by atoms with Gasteiger partial charge in [0.05, 0.1) is 27.0 Å². The van der Waals surface area contributed by atoms with Gasteiger partial charge in [0.1, 0.15) is 6.54 Å². The van der Waals surface area contributed by atoms with E-state index in [4.69, 9.17) is 14.2 Å². The van der Waals surface area contributed by atoms with Gasteiger partial charge < -0.3 is 24.4 Å². The van der Waals surface area contributed by atoms with E-state index in [1.165, 1.54) is 0 Å². The van der Waals surface area contributed by atoms with Gasteiger partial charge in [0.15, 0.2) is 11.5 Å². The summed E-state index contributed by atoms with van der Waals surface area (Å²) in [7, 11) is 4.70. The number of benzene rings is 3. The van der Waals surface area contributed by atoms with Crippen LogP contribution < -0.4 is 24.4 Å². The Morgan fingerprint density at radius 1 is 0.972 bits per heavy atom. The summed E-state index contributed by atoms with van der Waals surface area (Å²) >= 11 is 1.59. The van der Waals surface area contributed by atoms with Gasteiger partial charge in [-0.1, -0.05) is 42.5 Å². The highest BCUT2D eigenvalue weighted by Gasteiger charge is 2.31. The molecule has 7 nitrogen and oxygen atoms in total. The molecule has 0 fully saturated rings. The Morgan fingerprint density at radius 3 is 2.31 bits per heavy atom. The van der Waals surface area contributed by atoms with Crippen LogP contribution in [0.15, 0.2) is 71.6 Å². The Kier molecular flexibility index (Phi) is 8.38. The molecule has 1 heterocycles. The van der Waals surface area contributed by atoms with Crippen molar-refractivity contribution in [2.24, 2.45) is 0 Å². The van der Waals surface area contributed by atoms with Gasteiger partial charge in [0.2, 0.25) is 17.6 Å². The summed E-state index contributed by atoms with van der Waals surface area (Å²) in [5, 5.41) is 2.75. The summed E-state index contributed by atoms with van der Waals surface area (Å²) in [6.45, 7) is 0.475. The number of carbonyl (C=O) groups is 2. The van der Waals surface area contributed by atoms with Crippen LogP contribution in [-0.2, 0) is 16.0 Å². The van der Waals surface area contributed by atoms with E-state index >= 15 is 0 Å². The molecule has 0 aliphatic carbocycles. The van der Waals surface area contributed by atoms with Crippen molar-refractivity contribution in [2.45, 2.75) is 23.0 Å². The van der Waals surface area contributed by atoms with Crippen LogP contribution in [0, 0.1) is 0 Å². The summed E-state index contributed by atoms with van der Waals surface area (Å²) in [4.78, 5) is 28.8. The van der Waals surface area contributed by atoms with Gasteiger partial charge in [-0.3, -0.25) is 9.59 Å². The molecular formula is C28H30N2O5S. The molecule has 2 amide bonds. The van der Waals surface area contributed by atoms with E-state index in [1.807, 2.05) is 66.7 Å². The van der Waals surface area contributed by atoms with E-state index in [-0.39, 0.29) is 30.0 Å². The number of para-hydroxylation sites is 1. The van der Waals surface area contributed by atoms with Crippen molar-refractivity contribution < 1.29 is 23.8 Å². The van der Waals surface area contributed by atoms with Gasteiger partial charge >= 0.3 is 0 Å². The molecule has 1 N–H and O–H groups in total. The van der Waals surface area contributed by atoms with Crippen LogP contribution in [0.2, 0.25) is 0 Å². The summed E-state index contributed by atoms with van der Waals surface area (Å²) in [6.07, 6.45) is 0.950. The number of amides is 2. The van der Waals surface area contributed by atoms with Crippen LogP contribution >= 0.6 is 11.8 Å². The molecule has 0 saturated carbocycles. The maximum Gasteiger partial charge on any atom is 0.240 e. The lowest BCUT2D eigenvalue weighted by Gasteiger charge is -2.22. The van der Waals surface area contributed by atoms with E-state index in [0.717, 1.165) is 28.1 Å². The fourth-order valence-corrected chi connectivity index (χ4v) is 5.48. The number of ether oxygens (including phenoxy) is 3.